The third-order valence-electron chi connectivity index (χ3n) is 18.1. The zero-order chi connectivity index (χ0) is 54.6. The zero-order valence-electron chi connectivity index (χ0n) is 46.5. The van der Waals surface area contributed by atoms with Crippen LogP contribution in [0.2, 0.25) is 0 Å². The quantitative estimate of drug-likeness (QED) is 0.113. The van der Waals surface area contributed by atoms with Gasteiger partial charge in [-0.2, -0.15) is 0 Å². The highest BCUT2D eigenvalue weighted by Gasteiger charge is 2.51. The second-order valence-electron chi connectivity index (χ2n) is 23.3. The highest BCUT2D eigenvalue weighted by Crippen LogP contribution is 2.48. The molecule has 4 aromatic carbocycles. The lowest BCUT2D eigenvalue weighted by atomic mass is 9.79. The number of carbonyl (C=O) groups is 2. The molecule has 2 amide bonds. The molecule has 8 heterocycles. The van der Waals surface area contributed by atoms with Crippen LogP contribution in [0, 0.1) is 24.7 Å². The van der Waals surface area contributed by atoms with Gasteiger partial charge in [0.15, 0.2) is 0 Å². The molecule has 2 spiro atoms. The molecule has 2 N–H and O–H groups in total. The summed E-state index contributed by atoms with van der Waals surface area (Å²) in [5.41, 5.74) is 12.6. The Bertz CT molecular complexity index is 3110. The molecule has 6 aliphatic rings. The number of hydrogen-bond donors (Lipinski definition) is 2. The Balaban J connectivity index is 0.000000165. The van der Waals surface area contributed by atoms with Crippen molar-refractivity contribution in [3.05, 3.63) is 132 Å². The van der Waals surface area contributed by atoms with Crippen LogP contribution < -0.4 is 9.80 Å². The summed E-state index contributed by atoms with van der Waals surface area (Å²) in [6.45, 7) is 28.0. The average Bonchev–Trinajstić information content (AvgIpc) is 4.26. The van der Waals surface area contributed by atoms with Crippen LogP contribution in [-0.2, 0) is 45.0 Å². The number of methoxy groups -OCH3 is 2. The van der Waals surface area contributed by atoms with E-state index in [-0.39, 0.29) is 34.1 Å². The molecule has 2 aromatic heterocycles. The molecule has 0 bridgehead atoms. The molecule has 0 radical (unpaired) electrons. The van der Waals surface area contributed by atoms with Gasteiger partial charge in [-0.05, 0) is 156 Å². The smallest absolute Gasteiger partial charge is 0.245 e. The minimum atomic E-state index is 0.0247. The summed E-state index contributed by atoms with van der Waals surface area (Å²) in [5, 5.41) is 24.6. The molecule has 14 heteroatoms. The van der Waals surface area contributed by atoms with Crippen LogP contribution in [0.5, 0.6) is 11.5 Å². The molecule has 6 aromatic rings. The van der Waals surface area contributed by atoms with Crippen molar-refractivity contribution in [3.8, 4) is 33.8 Å². The van der Waals surface area contributed by atoms with Crippen LogP contribution in [0.1, 0.15) is 60.3 Å². The van der Waals surface area contributed by atoms with Crippen LogP contribution in [0.3, 0.4) is 0 Å². The Morgan fingerprint density at radius 1 is 0.615 bits per heavy atom. The minimum Gasteiger partial charge on any atom is -0.508 e. The highest BCUT2D eigenvalue weighted by molar-refractivity contribution is 6.01. The molecule has 0 unspecified atom stereocenters. The second-order valence-corrected chi connectivity index (χ2v) is 23.3. The molecule has 14 nitrogen and oxygen atoms in total. The molecule has 78 heavy (non-hydrogen) atoms. The molecule has 0 aliphatic carbocycles. The van der Waals surface area contributed by atoms with Crippen LogP contribution in [0.4, 0.5) is 11.6 Å². The van der Waals surface area contributed by atoms with E-state index in [1.807, 2.05) is 34.1 Å². The molecule has 4 saturated heterocycles. The predicted molar refractivity (Wildman–Crippen MR) is 310 cm³/mol. The van der Waals surface area contributed by atoms with Gasteiger partial charge in [0.25, 0.3) is 0 Å². The number of amides is 2. The van der Waals surface area contributed by atoms with Gasteiger partial charge in [-0.1, -0.05) is 61.7 Å². The number of fused-ring (bicyclic) bond motifs is 4. The molecule has 0 saturated carbocycles. The number of rotatable bonds is 12. The second kappa shape index (κ2) is 21.4. The van der Waals surface area contributed by atoms with Gasteiger partial charge in [0.1, 0.15) is 23.1 Å². The summed E-state index contributed by atoms with van der Waals surface area (Å²) < 4.78 is 10.9. The number of likely N-dealkylation sites (tertiary alicyclic amines) is 2. The van der Waals surface area contributed by atoms with E-state index in [2.05, 4.69) is 96.9 Å². The molecular weight excluding hydrogens is 977 g/mol. The van der Waals surface area contributed by atoms with Gasteiger partial charge in [0, 0.05) is 116 Å². The van der Waals surface area contributed by atoms with Gasteiger partial charge >= 0.3 is 0 Å². The number of anilines is 2. The number of ether oxygens (including phenoxy) is 2. The van der Waals surface area contributed by atoms with Crippen molar-refractivity contribution in [1.82, 2.24) is 29.6 Å². The Hall–Kier alpha value is -6.84. The Morgan fingerprint density at radius 3 is 1.41 bits per heavy atom. The molecule has 408 valence electrons. The van der Waals surface area contributed by atoms with Gasteiger partial charge in [-0.25, -0.2) is 9.97 Å². The van der Waals surface area contributed by atoms with Crippen LogP contribution in [0.25, 0.3) is 43.8 Å². The third kappa shape index (κ3) is 9.79. The maximum absolute atomic E-state index is 12.1. The van der Waals surface area contributed by atoms with Crippen LogP contribution in [-0.4, -0.2) is 157 Å². The summed E-state index contributed by atoms with van der Waals surface area (Å²) in [6, 6.07) is 24.7. The van der Waals surface area contributed by atoms with Gasteiger partial charge in [-0.3, -0.25) is 19.4 Å². The van der Waals surface area contributed by atoms with Crippen molar-refractivity contribution in [3.63, 3.8) is 0 Å². The number of phenols is 2. The maximum Gasteiger partial charge on any atom is 0.245 e. The van der Waals surface area contributed by atoms with Crippen molar-refractivity contribution in [2.45, 2.75) is 78.6 Å². The highest BCUT2D eigenvalue weighted by atomic mass is 16.5. The summed E-state index contributed by atoms with van der Waals surface area (Å²) in [6.07, 6.45) is 6.83. The number of carbonyl (C=O) groups excluding carboxylic acids is 2. The number of hydrogen-bond acceptors (Lipinski definition) is 12. The van der Waals surface area contributed by atoms with Crippen molar-refractivity contribution >= 4 is 45.0 Å². The zero-order valence-corrected chi connectivity index (χ0v) is 46.5. The SMILES string of the molecule is C=CC(=O)N1CC2(CCN(c3nc4c(c(-c5cccc6cc(O)ccc56)c3C)CCN([C@@H](C)COC)C4)C2)C1.C=CC(=O)N1CC2(CCN(c3nc4c(c(-c5cccc6cc(O)ccc56)c3C)CCN([C@H](C)COC)C4)C2)C1. The summed E-state index contributed by atoms with van der Waals surface area (Å²) in [5.74, 6) is 2.73. The summed E-state index contributed by atoms with van der Waals surface area (Å²) in [7, 11) is 3.52. The number of aromatic nitrogens is 2. The number of phenolic OH excluding ortho intramolecular Hbond substituents is 2. The number of aromatic hydroxyl groups is 2. The maximum atomic E-state index is 12.1. The largest absolute Gasteiger partial charge is 0.508 e. The lowest BCUT2D eigenvalue weighted by molar-refractivity contribution is -0.137. The van der Waals surface area contributed by atoms with E-state index >= 15 is 0 Å². The number of benzene rings is 4. The fourth-order valence-corrected chi connectivity index (χ4v) is 14.0. The molecule has 2 atom stereocenters. The Labute approximate surface area is 459 Å². The third-order valence-corrected chi connectivity index (χ3v) is 18.1. The van der Waals surface area contributed by atoms with Crippen LogP contribution >= 0.6 is 0 Å². The van der Waals surface area contributed by atoms with Gasteiger partial charge in [-0.15, -0.1) is 0 Å². The fourth-order valence-electron chi connectivity index (χ4n) is 14.0. The van der Waals surface area contributed by atoms with Crippen molar-refractivity contribution in [2.75, 3.05) is 103 Å². The molecular formula is C64H76N8O6. The van der Waals surface area contributed by atoms with Gasteiger partial charge in [0.05, 0.1) is 24.6 Å². The minimum absolute atomic E-state index is 0.0247. The van der Waals surface area contributed by atoms with E-state index in [9.17, 15) is 19.8 Å². The van der Waals surface area contributed by atoms with E-state index in [1.165, 1.54) is 56.7 Å². The normalized spacial score (nSPS) is 19.3. The number of nitrogens with zero attached hydrogens (tertiary/aromatic N) is 8. The van der Waals surface area contributed by atoms with Crippen LogP contribution in [0.15, 0.2) is 98.1 Å². The number of pyridine rings is 2. The monoisotopic (exact) mass is 1050 g/mol. The molecule has 4 fully saturated rings. The first-order valence-electron chi connectivity index (χ1n) is 27.9. The molecule has 6 aliphatic heterocycles. The lowest BCUT2D eigenvalue weighted by Crippen LogP contribution is -2.59. The van der Waals surface area contributed by atoms with E-state index in [4.69, 9.17) is 19.4 Å². The van der Waals surface area contributed by atoms with Crippen molar-refractivity contribution in [2.24, 2.45) is 10.8 Å². The average molecular weight is 1050 g/mol. The van der Waals surface area contributed by atoms with Crippen molar-refractivity contribution < 1.29 is 29.3 Å². The lowest BCUT2D eigenvalue weighted by Gasteiger charge is -2.47. The summed E-state index contributed by atoms with van der Waals surface area (Å²) >= 11 is 0. The van der Waals surface area contributed by atoms with E-state index < -0.39 is 0 Å². The molecule has 12 rings (SSSR count). The standard InChI is InChI=1S/2C32H38N4O3/c2*1-5-29(38)36-19-32(20-36)12-14-35(18-32)31-22(3)30(26-8-6-7-23-15-24(37)9-10-25(23)26)27-11-13-34(16-28(27)33-31)21(2)17-39-4/h2*5-10,15,21,37H,1,11-14,16-20H2,2-4H3/t2*21-/m10/s1. The van der Waals surface area contributed by atoms with Gasteiger partial charge < -0.3 is 39.3 Å². The first-order chi connectivity index (χ1) is 37.6. The van der Waals surface area contributed by atoms with E-state index in [1.54, 1.807) is 26.4 Å². The van der Waals surface area contributed by atoms with E-state index in [0.717, 1.165) is 149 Å². The predicted octanol–water partition coefficient (Wildman–Crippen LogP) is 9.07. The fraction of sp³-hybridized carbons (Fsp3) is 0.438. The Kier molecular flexibility index (Phi) is 14.6. The summed E-state index contributed by atoms with van der Waals surface area (Å²) in [4.78, 5) is 48.6. The van der Waals surface area contributed by atoms with E-state index in [0.29, 0.717) is 25.3 Å². The topological polar surface area (TPSA) is 138 Å². The Morgan fingerprint density at radius 2 is 1.03 bits per heavy atom. The first-order valence-corrected chi connectivity index (χ1v) is 27.9. The van der Waals surface area contributed by atoms with Gasteiger partial charge in [0.2, 0.25) is 11.8 Å². The van der Waals surface area contributed by atoms with Crippen molar-refractivity contribution in [1.29, 1.82) is 0 Å². The first kappa shape index (κ1) is 53.2.